The summed E-state index contributed by atoms with van der Waals surface area (Å²) in [6, 6.07) is 26.3. The second-order valence-corrected chi connectivity index (χ2v) is 11.2. The lowest BCUT2D eigenvalue weighted by molar-refractivity contribution is -0.113. The van der Waals surface area contributed by atoms with E-state index in [0.717, 1.165) is 16.7 Å². The van der Waals surface area contributed by atoms with Gasteiger partial charge in [-0.3, -0.25) is 9.69 Å². The van der Waals surface area contributed by atoms with E-state index in [1.807, 2.05) is 74.5 Å². The van der Waals surface area contributed by atoms with Crippen LogP contribution < -0.4 is 9.64 Å². The normalized spacial score (nSPS) is 15.4. The largest absolute Gasteiger partial charge is 0.488 e. The van der Waals surface area contributed by atoms with E-state index in [2.05, 4.69) is 0 Å². The number of halogens is 3. The summed E-state index contributed by atoms with van der Waals surface area (Å²) in [6.45, 7) is 4.23. The van der Waals surface area contributed by atoms with Gasteiger partial charge < -0.3 is 4.74 Å². The first kappa shape index (κ1) is 27.4. The predicted octanol–water partition coefficient (Wildman–Crippen LogP) is 9.65. The predicted molar refractivity (Wildman–Crippen MR) is 165 cm³/mol. The number of rotatable bonds is 6. The summed E-state index contributed by atoms with van der Waals surface area (Å²) in [4.78, 5) is 20.6. The highest BCUT2D eigenvalue weighted by Gasteiger charge is 2.35. The number of anilines is 1. The molecule has 0 radical (unpaired) electrons. The maximum Gasteiger partial charge on any atom is 0.271 e. The molecule has 4 nitrogen and oxygen atoms in total. The van der Waals surface area contributed by atoms with Crippen molar-refractivity contribution in [3.05, 3.63) is 127 Å². The lowest BCUT2D eigenvalue weighted by Crippen LogP contribution is -2.28. The highest BCUT2D eigenvalue weighted by Crippen LogP contribution is 2.40. The van der Waals surface area contributed by atoms with E-state index in [4.69, 9.17) is 44.5 Å². The van der Waals surface area contributed by atoms with Gasteiger partial charge in [0, 0.05) is 20.6 Å². The van der Waals surface area contributed by atoms with E-state index in [0.29, 0.717) is 54.4 Å². The number of hydrogen-bond donors (Lipinski definition) is 0. The second-order valence-electron chi connectivity index (χ2n) is 8.97. The van der Waals surface area contributed by atoms with Gasteiger partial charge in [-0.15, -0.1) is 0 Å². The van der Waals surface area contributed by atoms with Gasteiger partial charge in [-0.25, -0.2) is 4.99 Å². The fraction of sp³-hybridized carbons (Fsp3) is 0.0968. The molecule has 0 aromatic heterocycles. The lowest BCUT2D eigenvalue weighted by atomic mass is 10.1. The van der Waals surface area contributed by atoms with E-state index in [-0.39, 0.29) is 5.91 Å². The standard InChI is InChI=1S/C31H23Cl3N2O2S/c1-19-8-11-24(16-26(19)33)35-31-36(25-12-9-20(2)27(34)17-25)30(37)29(39-31)15-22-14-23(32)10-13-28(22)38-18-21-6-4-3-5-7-21/h3-17H,18H2,1-2H3/b29-15+,35-31?. The van der Waals surface area contributed by atoms with E-state index >= 15 is 0 Å². The Kier molecular flexibility index (Phi) is 8.34. The molecule has 196 valence electrons. The number of aliphatic imine (C=N–C) groups is 1. The molecule has 0 N–H and O–H groups in total. The first-order valence-corrected chi connectivity index (χ1v) is 14.0. The Hall–Kier alpha value is -3.22. The van der Waals surface area contributed by atoms with Crippen LogP contribution in [0.5, 0.6) is 5.75 Å². The Morgan fingerprint density at radius 2 is 1.59 bits per heavy atom. The van der Waals surface area contributed by atoms with Crippen LogP contribution in [0.1, 0.15) is 22.3 Å². The molecule has 0 unspecified atom stereocenters. The average Bonchev–Trinajstić information content (AvgIpc) is 3.22. The van der Waals surface area contributed by atoms with Crippen molar-refractivity contribution in [1.82, 2.24) is 0 Å². The summed E-state index contributed by atoms with van der Waals surface area (Å²) in [5.41, 5.74) is 4.85. The van der Waals surface area contributed by atoms with Crippen molar-refractivity contribution in [2.45, 2.75) is 20.5 Å². The molecule has 39 heavy (non-hydrogen) atoms. The number of benzene rings is 4. The molecule has 0 bridgehead atoms. The van der Waals surface area contributed by atoms with Gasteiger partial charge in [0.25, 0.3) is 5.91 Å². The summed E-state index contributed by atoms with van der Waals surface area (Å²) in [7, 11) is 0. The number of amidine groups is 1. The molecule has 1 fully saturated rings. The van der Waals surface area contributed by atoms with Gasteiger partial charge >= 0.3 is 0 Å². The third-order valence-electron chi connectivity index (χ3n) is 6.10. The Morgan fingerprint density at radius 1 is 0.872 bits per heavy atom. The third kappa shape index (κ3) is 6.34. The average molecular weight is 594 g/mol. The highest BCUT2D eigenvalue weighted by molar-refractivity contribution is 8.19. The van der Waals surface area contributed by atoms with Gasteiger partial charge in [-0.2, -0.15) is 0 Å². The summed E-state index contributed by atoms with van der Waals surface area (Å²) < 4.78 is 6.11. The van der Waals surface area contributed by atoms with Gasteiger partial charge in [0.15, 0.2) is 5.17 Å². The Bertz CT molecular complexity index is 1620. The number of amides is 1. The molecule has 0 atom stereocenters. The van der Waals surface area contributed by atoms with Gasteiger partial charge in [0.05, 0.1) is 16.3 Å². The van der Waals surface area contributed by atoms with Crippen LogP contribution in [0.15, 0.2) is 94.8 Å². The molecular formula is C31H23Cl3N2O2S. The molecule has 1 amide bonds. The van der Waals surface area contributed by atoms with Gasteiger partial charge in [-0.05, 0) is 90.8 Å². The van der Waals surface area contributed by atoms with E-state index in [9.17, 15) is 4.79 Å². The lowest BCUT2D eigenvalue weighted by Gasteiger charge is -2.16. The molecule has 5 rings (SSSR count). The van der Waals surface area contributed by atoms with Crippen molar-refractivity contribution in [3.63, 3.8) is 0 Å². The Balaban J connectivity index is 1.54. The van der Waals surface area contributed by atoms with E-state index in [1.165, 1.54) is 11.8 Å². The molecule has 1 aliphatic heterocycles. The number of aryl methyl sites for hydroxylation is 2. The summed E-state index contributed by atoms with van der Waals surface area (Å²) in [6.07, 6.45) is 1.78. The number of nitrogens with zero attached hydrogens (tertiary/aromatic N) is 2. The summed E-state index contributed by atoms with van der Waals surface area (Å²) >= 11 is 20.4. The minimum atomic E-state index is -0.231. The Labute approximate surface area is 246 Å². The molecule has 1 aliphatic rings. The smallest absolute Gasteiger partial charge is 0.271 e. The fourth-order valence-corrected chi connectivity index (χ4v) is 5.42. The number of ether oxygens (including phenoxy) is 1. The molecule has 0 saturated carbocycles. The van der Waals surface area contributed by atoms with Crippen LogP contribution in [0, 0.1) is 13.8 Å². The van der Waals surface area contributed by atoms with Gasteiger partial charge in [0.2, 0.25) is 0 Å². The molecule has 4 aromatic rings. The maximum atomic E-state index is 13.8. The first-order valence-electron chi connectivity index (χ1n) is 12.1. The zero-order valence-electron chi connectivity index (χ0n) is 21.1. The maximum absolute atomic E-state index is 13.8. The third-order valence-corrected chi connectivity index (χ3v) is 8.11. The minimum absolute atomic E-state index is 0.231. The Morgan fingerprint density at radius 3 is 2.31 bits per heavy atom. The fourth-order valence-electron chi connectivity index (χ4n) is 3.90. The molecule has 0 spiro atoms. The molecule has 1 saturated heterocycles. The van der Waals surface area contributed by atoms with E-state index in [1.54, 1.807) is 35.2 Å². The van der Waals surface area contributed by atoms with Crippen LogP contribution in [0.3, 0.4) is 0 Å². The quantitative estimate of drug-likeness (QED) is 0.209. The van der Waals surface area contributed by atoms with Crippen molar-refractivity contribution >= 4 is 75.1 Å². The highest BCUT2D eigenvalue weighted by atomic mass is 35.5. The molecule has 0 aliphatic carbocycles. The van der Waals surface area contributed by atoms with Crippen LogP contribution in [0.2, 0.25) is 15.1 Å². The molecule has 8 heteroatoms. The van der Waals surface area contributed by atoms with Crippen LogP contribution in [-0.4, -0.2) is 11.1 Å². The molecule has 1 heterocycles. The zero-order valence-corrected chi connectivity index (χ0v) is 24.2. The van der Waals surface area contributed by atoms with Crippen LogP contribution in [0.4, 0.5) is 11.4 Å². The summed E-state index contributed by atoms with van der Waals surface area (Å²) in [5.74, 6) is 0.385. The zero-order chi connectivity index (χ0) is 27.5. The monoisotopic (exact) mass is 592 g/mol. The van der Waals surface area contributed by atoms with Crippen LogP contribution in [0.25, 0.3) is 6.08 Å². The number of carbonyl (C=O) groups is 1. The SMILES string of the molecule is Cc1ccc(N=C2S/C(=C/c3cc(Cl)ccc3OCc3ccccc3)C(=O)N2c2ccc(C)c(Cl)c2)cc1Cl. The second kappa shape index (κ2) is 11.9. The van der Waals surface area contributed by atoms with Crippen LogP contribution in [-0.2, 0) is 11.4 Å². The number of thioether (sulfide) groups is 1. The van der Waals surface area contributed by atoms with Crippen molar-refractivity contribution in [2.75, 3.05) is 4.90 Å². The van der Waals surface area contributed by atoms with Crippen molar-refractivity contribution < 1.29 is 9.53 Å². The first-order chi connectivity index (χ1) is 18.8. The number of carbonyl (C=O) groups excluding carboxylic acids is 1. The van der Waals surface area contributed by atoms with E-state index < -0.39 is 0 Å². The van der Waals surface area contributed by atoms with Gasteiger partial charge in [0.1, 0.15) is 12.4 Å². The number of hydrogen-bond acceptors (Lipinski definition) is 4. The summed E-state index contributed by atoms with van der Waals surface area (Å²) in [5, 5.41) is 2.19. The van der Waals surface area contributed by atoms with Crippen LogP contribution >= 0.6 is 46.6 Å². The van der Waals surface area contributed by atoms with Crippen molar-refractivity contribution in [3.8, 4) is 5.75 Å². The van der Waals surface area contributed by atoms with Gasteiger partial charge in [-0.1, -0.05) is 77.3 Å². The van der Waals surface area contributed by atoms with Crippen molar-refractivity contribution in [1.29, 1.82) is 0 Å². The topological polar surface area (TPSA) is 41.9 Å². The molecular weight excluding hydrogens is 571 g/mol. The minimum Gasteiger partial charge on any atom is -0.488 e. The van der Waals surface area contributed by atoms with Crippen molar-refractivity contribution in [2.24, 2.45) is 4.99 Å². The molecule has 4 aromatic carbocycles.